The third-order valence-corrected chi connectivity index (χ3v) is 6.00. The summed E-state index contributed by atoms with van der Waals surface area (Å²) in [5.74, 6) is 3.09. The summed E-state index contributed by atoms with van der Waals surface area (Å²) in [6.07, 6.45) is 8.35. The van der Waals surface area contributed by atoms with Gasteiger partial charge in [-0.1, -0.05) is 51.3 Å². The number of hydrogen-bond donors (Lipinski definition) is 1. The van der Waals surface area contributed by atoms with Crippen LogP contribution in [0.4, 0.5) is 0 Å². The third-order valence-electron chi connectivity index (χ3n) is 4.87. The highest BCUT2D eigenvalue weighted by molar-refractivity contribution is 7.99. The predicted octanol–water partition coefficient (Wildman–Crippen LogP) is 5.36. The molecule has 1 aromatic rings. The van der Waals surface area contributed by atoms with Gasteiger partial charge in [0.2, 0.25) is 0 Å². The molecule has 1 aromatic carbocycles. The van der Waals surface area contributed by atoms with Crippen LogP contribution in [0.25, 0.3) is 0 Å². The van der Waals surface area contributed by atoms with Gasteiger partial charge in [0, 0.05) is 16.7 Å². The van der Waals surface area contributed by atoms with E-state index >= 15 is 0 Å². The Morgan fingerprint density at radius 1 is 1.10 bits per heavy atom. The maximum absolute atomic E-state index is 3.82. The van der Waals surface area contributed by atoms with Crippen molar-refractivity contribution in [3.05, 3.63) is 30.3 Å². The van der Waals surface area contributed by atoms with Crippen LogP contribution in [-0.4, -0.2) is 18.3 Å². The lowest BCUT2D eigenvalue weighted by Crippen LogP contribution is -2.40. The Morgan fingerprint density at radius 2 is 1.81 bits per heavy atom. The van der Waals surface area contributed by atoms with Gasteiger partial charge in [-0.15, -0.1) is 11.8 Å². The van der Waals surface area contributed by atoms with Gasteiger partial charge in [-0.3, -0.25) is 0 Å². The van der Waals surface area contributed by atoms with Crippen LogP contribution < -0.4 is 5.32 Å². The summed E-state index contributed by atoms with van der Waals surface area (Å²) < 4.78 is 0. The standard InChI is InChI=1S/C19H31NS/c1-3-14-20-19(15-21-18-8-6-5-7-9-18)17-12-10-16(4-2)11-13-17/h5-9,16-17,19-20H,3-4,10-15H2,1-2H3. The van der Waals surface area contributed by atoms with Gasteiger partial charge < -0.3 is 5.32 Å². The Balaban J connectivity index is 1.85. The van der Waals surface area contributed by atoms with Crippen molar-refractivity contribution in [2.24, 2.45) is 11.8 Å². The average Bonchev–Trinajstić information content (AvgIpc) is 2.56. The first-order valence-electron chi connectivity index (χ1n) is 8.74. The quantitative estimate of drug-likeness (QED) is 0.649. The van der Waals surface area contributed by atoms with Crippen molar-refractivity contribution in [1.29, 1.82) is 0 Å². The minimum absolute atomic E-state index is 0.688. The van der Waals surface area contributed by atoms with Crippen LogP contribution in [0.2, 0.25) is 0 Å². The van der Waals surface area contributed by atoms with E-state index < -0.39 is 0 Å². The smallest absolute Gasteiger partial charge is 0.0189 e. The summed E-state index contributed by atoms with van der Waals surface area (Å²) in [5.41, 5.74) is 0. The highest BCUT2D eigenvalue weighted by Gasteiger charge is 2.26. The van der Waals surface area contributed by atoms with Crippen molar-refractivity contribution in [1.82, 2.24) is 5.32 Å². The topological polar surface area (TPSA) is 12.0 Å². The molecule has 0 heterocycles. The van der Waals surface area contributed by atoms with Gasteiger partial charge in [0.05, 0.1) is 0 Å². The first-order chi connectivity index (χ1) is 10.3. The summed E-state index contributed by atoms with van der Waals surface area (Å²) in [4.78, 5) is 1.41. The maximum Gasteiger partial charge on any atom is 0.0189 e. The minimum atomic E-state index is 0.688. The fourth-order valence-electron chi connectivity index (χ4n) is 3.39. The molecule has 1 aliphatic rings. The van der Waals surface area contributed by atoms with Gasteiger partial charge in [0.15, 0.2) is 0 Å². The summed E-state index contributed by atoms with van der Waals surface area (Å²) >= 11 is 2.02. The molecule has 2 heteroatoms. The molecule has 0 saturated heterocycles. The number of rotatable bonds is 8. The molecule has 0 bridgehead atoms. The van der Waals surface area contributed by atoms with Crippen LogP contribution in [0.3, 0.4) is 0 Å². The molecule has 0 amide bonds. The molecule has 1 fully saturated rings. The lowest BCUT2D eigenvalue weighted by molar-refractivity contribution is 0.228. The van der Waals surface area contributed by atoms with Crippen molar-refractivity contribution in [2.45, 2.75) is 63.3 Å². The number of hydrogen-bond acceptors (Lipinski definition) is 2. The van der Waals surface area contributed by atoms with Gasteiger partial charge in [0.1, 0.15) is 0 Å². The van der Waals surface area contributed by atoms with E-state index in [2.05, 4.69) is 49.5 Å². The Hall–Kier alpha value is -0.470. The van der Waals surface area contributed by atoms with Crippen molar-refractivity contribution in [3.8, 4) is 0 Å². The lowest BCUT2D eigenvalue weighted by atomic mass is 9.78. The molecule has 1 nitrogen and oxygen atoms in total. The predicted molar refractivity (Wildman–Crippen MR) is 95.0 cm³/mol. The molecule has 118 valence electrons. The number of nitrogens with one attached hydrogen (secondary N) is 1. The molecule has 21 heavy (non-hydrogen) atoms. The Morgan fingerprint density at radius 3 is 2.43 bits per heavy atom. The molecule has 0 spiro atoms. The summed E-state index contributed by atoms with van der Waals surface area (Å²) in [6, 6.07) is 11.5. The molecule has 1 saturated carbocycles. The van der Waals surface area contributed by atoms with E-state index in [-0.39, 0.29) is 0 Å². The molecule has 1 atom stereocenters. The largest absolute Gasteiger partial charge is 0.313 e. The zero-order valence-electron chi connectivity index (χ0n) is 13.7. The van der Waals surface area contributed by atoms with Gasteiger partial charge >= 0.3 is 0 Å². The molecule has 1 aliphatic carbocycles. The second-order valence-corrected chi connectivity index (χ2v) is 7.47. The molecule has 0 radical (unpaired) electrons. The zero-order valence-corrected chi connectivity index (χ0v) is 14.5. The van der Waals surface area contributed by atoms with Gasteiger partial charge in [-0.2, -0.15) is 0 Å². The maximum atomic E-state index is 3.82. The van der Waals surface area contributed by atoms with E-state index in [1.165, 1.54) is 49.2 Å². The van der Waals surface area contributed by atoms with Crippen molar-refractivity contribution in [2.75, 3.05) is 12.3 Å². The molecule has 2 rings (SSSR count). The van der Waals surface area contributed by atoms with Crippen LogP contribution >= 0.6 is 11.8 Å². The Kier molecular flexibility index (Phi) is 7.66. The molecule has 1 unspecified atom stereocenters. The summed E-state index contributed by atoms with van der Waals surface area (Å²) in [7, 11) is 0. The summed E-state index contributed by atoms with van der Waals surface area (Å²) in [6.45, 7) is 5.78. The van der Waals surface area contributed by atoms with Crippen molar-refractivity contribution >= 4 is 11.8 Å². The van der Waals surface area contributed by atoms with E-state index in [9.17, 15) is 0 Å². The van der Waals surface area contributed by atoms with E-state index in [1.54, 1.807) is 0 Å². The van der Waals surface area contributed by atoms with E-state index in [4.69, 9.17) is 0 Å². The molecular formula is C19H31NS. The molecule has 0 aliphatic heterocycles. The second-order valence-electron chi connectivity index (χ2n) is 6.37. The van der Waals surface area contributed by atoms with Crippen molar-refractivity contribution < 1.29 is 0 Å². The molecular weight excluding hydrogens is 274 g/mol. The van der Waals surface area contributed by atoms with E-state index in [0.717, 1.165) is 18.4 Å². The highest BCUT2D eigenvalue weighted by Crippen LogP contribution is 2.34. The van der Waals surface area contributed by atoms with Gasteiger partial charge in [0.25, 0.3) is 0 Å². The Bertz CT molecular complexity index is 370. The fourth-order valence-corrected chi connectivity index (χ4v) is 4.50. The van der Waals surface area contributed by atoms with Crippen LogP contribution in [-0.2, 0) is 0 Å². The first-order valence-corrected chi connectivity index (χ1v) is 9.73. The van der Waals surface area contributed by atoms with E-state index in [0.29, 0.717) is 6.04 Å². The second kappa shape index (κ2) is 9.53. The number of benzene rings is 1. The lowest BCUT2D eigenvalue weighted by Gasteiger charge is -2.34. The number of thioether (sulfide) groups is 1. The van der Waals surface area contributed by atoms with Gasteiger partial charge in [-0.25, -0.2) is 0 Å². The van der Waals surface area contributed by atoms with Crippen LogP contribution in [0.15, 0.2) is 35.2 Å². The third kappa shape index (κ3) is 5.67. The van der Waals surface area contributed by atoms with Gasteiger partial charge in [-0.05, 0) is 49.8 Å². The Labute approximate surface area is 135 Å². The van der Waals surface area contributed by atoms with E-state index in [1.807, 2.05) is 11.8 Å². The zero-order chi connectivity index (χ0) is 14.9. The van der Waals surface area contributed by atoms with Crippen molar-refractivity contribution in [3.63, 3.8) is 0 Å². The SMILES string of the molecule is CCCNC(CSc1ccccc1)C1CCC(CC)CC1. The fraction of sp³-hybridized carbons (Fsp3) is 0.684. The summed E-state index contributed by atoms with van der Waals surface area (Å²) in [5, 5.41) is 3.82. The van der Waals surface area contributed by atoms with Crippen LogP contribution in [0.1, 0.15) is 52.4 Å². The minimum Gasteiger partial charge on any atom is -0.313 e. The molecule has 0 aromatic heterocycles. The van der Waals surface area contributed by atoms with Crippen LogP contribution in [0, 0.1) is 11.8 Å². The average molecular weight is 306 g/mol. The molecule has 1 N–H and O–H groups in total. The first kappa shape index (κ1) is 16.9. The normalized spacial score (nSPS) is 23.9. The monoisotopic (exact) mass is 305 g/mol. The van der Waals surface area contributed by atoms with Crippen LogP contribution in [0.5, 0.6) is 0 Å². The highest BCUT2D eigenvalue weighted by atomic mass is 32.2.